The van der Waals surface area contributed by atoms with Crippen LogP contribution >= 0.6 is 46.6 Å². The average Bonchev–Trinajstić information content (AvgIpc) is 3.07. The Hall–Kier alpha value is -1.85. The van der Waals surface area contributed by atoms with Gasteiger partial charge in [-0.15, -0.1) is 11.8 Å². The summed E-state index contributed by atoms with van der Waals surface area (Å²) in [5, 5.41) is 1.60. The number of benzene rings is 3. The van der Waals surface area contributed by atoms with E-state index in [1.807, 2.05) is 30.3 Å². The van der Waals surface area contributed by atoms with E-state index in [-0.39, 0.29) is 11.3 Å². The van der Waals surface area contributed by atoms with Gasteiger partial charge in [-0.1, -0.05) is 46.9 Å². The fourth-order valence-electron chi connectivity index (χ4n) is 2.93. The van der Waals surface area contributed by atoms with E-state index in [0.717, 1.165) is 11.3 Å². The van der Waals surface area contributed by atoms with Crippen LogP contribution in [0.4, 0.5) is 5.69 Å². The van der Waals surface area contributed by atoms with E-state index in [1.54, 1.807) is 53.1 Å². The minimum Gasteiger partial charge on any atom is -0.456 e. The van der Waals surface area contributed by atoms with Gasteiger partial charge >= 0.3 is 0 Å². The number of amides is 1. The minimum atomic E-state index is -0.121. The molecule has 1 unspecified atom stereocenters. The van der Waals surface area contributed by atoms with Crippen LogP contribution in [0.25, 0.3) is 0 Å². The number of anilines is 1. The molecule has 0 N–H and O–H groups in total. The molecule has 0 radical (unpaired) electrons. The van der Waals surface area contributed by atoms with E-state index in [2.05, 4.69) is 0 Å². The third-order valence-corrected chi connectivity index (χ3v) is 6.27. The largest absolute Gasteiger partial charge is 0.456 e. The number of carbonyl (C=O) groups is 1. The van der Waals surface area contributed by atoms with Gasteiger partial charge in [0.05, 0.1) is 10.8 Å². The van der Waals surface area contributed by atoms with Gasteiger partial charge in [0.1, 0.15) is 16.9 Å². The van der Waals surface area contributed by atoms with Crippen molar-refractivity contribution in [2.24, 2.45) is 0 Å². The molecule has 142 valence electrons. The van der Waals surface area contributed by atoms with Crippen LogP contribution in [-0.4, -0.2) is 11.7 Å². The lowest BCUT2D eigenvalue weighted by Gasteiger charge is -2.25. The second-order valence-electron chi connectivity index (χ2n) is 6.15. The molecule has 1 atom stereocenters. The Labute approximate surface area is 182 Å². The van der Waals surface area contributed by atoms with Crippen LogP contribution in [-0.2, 0) is 4.79 Å². The van der Waals surface area contributed by atoms with Gasteiger partial charge in [-0.3, -0.25) is 9.69 Å². The highest BCUT2D eigenvalue weighted by Gasteiger charge is 2.34. The fourth-order valence-corrected chi connectivity index (χ4v) is 4.57. The topological polar surface area (TPSA) is 29.5 Å². The first-order valence-corrected chi connectivity index (χ1v) is 10.6. The number of hydrogen-bond acceptors (Lipinski definition) is 3. The normalized spacial score (nSPS) is 16.5. The van der Waals surface area contributed by atoms with Crippen LogP contribution in [0.15, 0.2) is 66.7 Å². The maximum absolute atomic E-state index is 12.5. The molecule has 0 aliphatic carbocycles. The van der Waals surface area contributed by atoms with Crippen molar-refractivity contribution in [2.75, 3.05) is 10.7 Å². The Bertz CT molecular complexity index is 1010. The van der Waals surface area contributed by atoms with Crippen LogP contribution in [0.2, 0.25) is 15.1 Å². The maximum Gasteiger partial charge on any atom is 0.238 e. The zero-order valence-electron chi connectivity index (χ0n) is 14.4. The second kappa shape index (κ2) is 8.26. The Morgan fingerprint density at radius 1 is 0.893 bits per heavy atom. The zero-order valence-corrected chi connectivity index (χ0v) is 17.5. The number of carbonyl (C=O) groups excluding carboxylic acids is 1. The smallest absolute Gasteiger partial charge is 0.238 e. The van der Waals surface area contributed by atoms with E-state index < -0.39 is 0 Å². The van der Waals surface area contributed by atoms with Crippen LogP contribution in [0, 0.1) is 0 Å². The van der Waals surface area contributed by atoms with Crippen molar-refractivity contribution in [3.8, 4) is 11.5 Å². The summed E-state index contributed by atoms with van der Waals surface area (Å²) < 4.78 is 5.82. The summed E-state index contributed by atoms with van der Waals surface area (Å²) in [6, 6.07) is 19.9. The third-order valence-electron chi connectivity index (χ3n) is 4.26. The molecule has 3 nitrogen and oxygen atoms in total. The maximum atomic E-state index is 12.5. The third kappa shape index (κ3) is 4.11. The van der Waals surface area contributed by atoms with Gasteiger partial charge in [-0.05, 0) is 60.2 Å². The highest BCUT2D eigenvalue weighted by Crippen LogP contribution is 2.43. The standard InChI is InChI=1S/C21H14Cl3NO2S/c22-14-3-1-13(2-4-14)21-25(20(26)12-28-21)16-7-10-19(18(24)11-16)27-17-8-5-15(23)6-9-17/h1-11,21H,12H2. The van der Waals surface area contributed by atoms with Crippen LogP contribution in [0.1, 0.15) is 10.9 Å². The summed E-state index contributed by atoms with van der Waals surface area (Å²) >= 11 is 19.9. The lowest BCUT2D eigenvalue weighted by Crippen LogP contribution is -2.27. The molecule has 1 aliphatic rings. The predicted molar refractivity (Wildman–Crippen MR) is 117 cm³/mol. The Morgan fingerprint density at radius 3 is 2.18 bits per heavy atom. The van der Waals surface area contributed by atoms with Crippen molar-refractivity contribution in [1.82, 2.24) is 0 Å². The molecule has 28 heavy (non-hydrogen) atoms. The van der Waals surface area contributed by atoms with Gasteiger partial charge in [-0.25, -0.2) is 0 Å². The summed E-state index contributed by atoms with van der Waals surface area (Å²) in [6.45, 7) is 0. The predicted octanol–water partition coefficient (Wildman–Crippen LogP) is 7.22. The molecule has 0 aromatic heterocycles. The molecule has 1 fully saturated rings. The zero-order chi connectivity index (χ0) is 19.7. The summed E-state index contributed by atoms with van der Waals surface area (Å²) in [5.74, 6) is 1.59. The Balaban J connectivity index is 1.60. The quantitative estimate of drug-likeness (QED) is 0.420. The fraction of sp³-hybridized carbons (Fsp3) is 0.0952. The SMILES string of the molecule is O=C1CSC(c2ccc(Cl)cc2)N1c1ccc(Oc2ccc(Cl)cc2)c(Cl)c1. The molecular weight excluding hydrogens is 437 g/mol. The molecule has 3 aromatic rings. The van der Waals surface area contributed by atoms with Crippen LogP contribution in [0.3, 0.4) is 0 Å². The highest BCUT2D eigenvalue weighted by atomic mass is 35.5. The molecule has 0 bridgehead atoms. The summed E-state index contributed by atoms with van der Waals surface area (Å²) in [7, 11) is 0. The van der Waals surface area contributed by atoms with Gasteiger partial charge < -0.3 is 4.74 Å². The van der Waals surface area contributed by atoms with Crippen molar-refractivity contribution in [2.45, 2.75) is 5.37 Å². The minimum absolute atomic E-state index is 0.0346. The molecule has 0 spiro atoms. The number of nitrogens with zero attached hydrogens (tertiary/aromatic N) is 1. The van der Waals surface area contributed by atoms with E-state index in [0.29, 0.717) is 32.3 Å². The molecule has 1 saturated heterocycles. The molecule has 0 saturated carbocycles. The summed E-state index contributed by atoms with van der Waals surface area (Å²) in [5.41, 5.74) is 1.74. The molecule has 4 rings (SSSR count). The van der Waals surface area contributed by atoms with Gasteiger partial charge in [0.15, 0.2) is 0 Å². The number of halogens is 3. The van der Waals surface area contributed by atoms with E-state index >= 15 is 0 Å². The average molecular weight is 451 g/mol. The lowest BCUT2D eigenvalue weighted by atomic mass is 10.2. The van der Waals surface area contributed by atoms with E-state index in [1.165, 1.54) is 0 Å². The summed E-state index contributed by atoms with van der Waals surface area (Å²) in [4.78, 5) is 14.3. The Kier molecular flexibility index (Phi) is 5.74. The number of thioether (sulfide) groups is 1. The highest BCUT2D eigenvalue weighted by molar-refractivity contribution is 8.00. The van der Waals surface area contributed by atoms with Crippen molar-refractivity contribution in [3.05, 3.63) is 87.4 Å². The first-order valence-electron chi connectivity index (χ1n) is 8.43. The number of ether oxygens (including phenoxy) is 1. The van der Waals surface area contributed by atoms with Crippen molar-refractivity contribution in [3.63, 3.8) is 0 Å². The molecule has 1 heterocycles. The lowest BCUT2D eigenvalue weighted by molar-refractivity contribution is -0.115. The second-order valence-corrected chi connectivity index (χ2v) is 8.50. The van der Waals surface area contributed by atoms with Crippen LogP contribution < -0.4 is 9.64 Å². The monoisotopic (exact) mass is 449 g/mol. The van der Waals surface area contributed by atoms with Gasteiger partial charge in [0.25, 0.3) is 0 Å². The van der Waals surface area contributed by atoms with Crippen molar-refractivity contribution in [1.29, 1.82) is 0 Å². The molecule has 3 aromatic carbocycles. The van der Waals surface area contributed by atoms with Gasteiger partial charge in [0.2, 0.25) is 5.91 Å². The number of rotatable bonds is 4. The van der Waals surface area contributed by atoms with Gasteiger partial charge in [0, 0.05) is 15.7 Å². The Morgan fingerprint density at radius 2 is 1.54 bits per heavy atom. The molecule has 7 heteroatoms. The van der Waals surface area contributed by atoms with Gasteiger partial charge in [-0.2, -0.15) is 0 Å². The molecule has 1 aliphatic heterocycles. The first kappa shape index (κ1) is 19.5. The van der Waals surface area contributed by atoms with E-state index in [4.69, 9.17) is 39.5 Å². The summed E-state index contributed by atoms with van der Waals surface area (Å²) in [6.07, 6.45) is 0. The van der Waals surface area contributed by atoms with Crippen LogP contribution in [0.5, 0.6) is 11.5 Å². The number of hydrogen-bond donors (Lipinski definition) is 0. The first-order chi connectivity index (χ1) is 13.5. The van der Waals surface area contributed by atoms with Crippen molar-refractivity contribution >= 4 is 58.2 Å². The van der Waals surface area contributed by atoms with Crippen molar-refractivity contribution < 1.29 is 9.53 Å². The molecular formula is C21H14Cl3NO2S. The van der Waals surface area contributed by atoms with E-state index in [9.17, 15) is 4.79 Å². The molecule has 1 amide bonds.